The lowest BCUT2D eigenvalue weighted by molar-refractivity contribution is 0.0642. The Morgan fingerprint density at radius 3 is 2.14 bits per heavy atom. The second kappa shape index (κ2) is 7.67. The van der Waals surface area contributed by atoms with Gasteiger partial charge in [-0.2, -0.15) is 0 Å². The van der Waals surface area contributed by atoms with Gasteiger partial charge < -0.3 is 5.32 Å². The van der Waals surface area contributed by atoms with Gasteiger partial charge in [0.2, 0.25) is 0 Å². The van der Waals surface area contributed by atoms with Crippen molar-refractivity contribution >= 4 is 17.7 Å². The number of amides is 3. The quantitative estimate of drug-likeness (QED) is 0.680. The topological polar surface area (TPSA) is 66.5 Å². The standard InChI is InChI=1S/C23H17FN2O3/c24-18-10-8-15(9-11-18)13-25-21(27)17-5-3-4-16(12-17)14-26-22(28)19-6-1-2-7-20(19)23(26)29/h1-12H,13-14H2,(H,25,27). The van der Waals surface area contributed by atoms with E-state index in [1.165, 1.54) is 17.0 Å². The first-order valence-corrected chi connectivity index (χ1v) is 9.10. The van der Waals surface area contributed by atoms with Crippen LogP contribution in [0.2, 0.25) is 0 Å². The molecule has 3 aromatic rings. The summed E-state index contributed by atoms with van der Waals surface area (Å²) in [6.45, 7) is 0.354. The second-order valence-electron chi connectivity index (χ2n) is 6.75. The average molecular weight is 388 g/mol. The molecule has 144 valence electrons. The summed E-state index contributed by atoms with van der Waals surface area (Å²) in [5.74, 6) is -1.30. The molecule has 0 unspecified atom stereocenters. The third kappa shape index (κ3) is 3.78. The summed E-state index contributed by atoms with van der Waals surface area (Å²) in [6.07, 6.45) is 0. The zero-order valence-electron chi connectivity index (χ0n) is 15.4. The first-order chi connectivity index (χ1) is 14.0. The molecular weight excluding hydrogens is 371 g/mol. The van der Waals surface area contributed by atoms with Gasteiger partial charge in [-0.15, -0.1) is 0 Å². The zero-order valence-corrected chi connectivity index (χ0v) is 15.4. The highest BCUT2D eigenvalue weighted by atomic mass is 19.1. The molecular formula is C23H17FN2O3. The molecule has 1 aliphatic heterocycles. The van der Waals surface area contributed by atoms with Gasteiger partial charge in [-0.3, -0.25) is 19.3 Å². The van der Waals surface area contributed by atoms with Crippen LogP contribution in [0.3, 0.4) is 0 Å². The van der Waals surface area contributed by atoms with Gasteiger partial charge in [-0.1, -0.05) is 36.4 Å². The number of benzene rings is 3. The van der Waals surface area contributed by atoms with Gasteiger partial charge in [0.25, 0.3) is 17.7 Å². The van der Waals surface area contributed by atoms with E-state index in [1.54, 1.807) is 60.7 Å². The minimum absolute atomic E-state index is 0.0887. The van der Waals surface area contributed by atoms with Crippen LogP contribution < -0.4 is 5.32 Å². The highest BCUT2D eigenvalue weighted by molar-refractivity contribution is 6.21. The molecule has 0 spiro atoms. The van der Waals surface area contributed by atoms with E-state index in [-0.39, 0.29) is 36.6 Å². The summed E-state index contributed by atoms with van der Waals surface area (Å²) in [6, 6.07) is 19.4. The van der Waals surface area contributed by atoms with Crippen molar-refractivity contribution in [3.8, 4) is 0 Å². The monoisotopic (exact) mass is 388 g/mol. The van der Waals surface area contributed by atoms with E-state index < -0.39 is 0 Å². The van der Waals surface area contributed by atoms with Crippen LogP contribution in [-0.2, 0) is 13.1 Å². The third-order valence-electron chi connectivity index (χ3n) is 4.77. The summed E-state index contributed by atoms with van der Waals surface area (Å²) < 4.78 is 13.0. The molecule has 3 aromatic carbocycles. The number of carbonyl (C=O) groups excluding carboxylic acids is 3. The Morgan fingerprint density at radius 1 is 0.828 bits per heavy atom. The highest BCUT2D eigenvalue weighted by Crippen LogP contribution is 2.24. The van der Waals surface area contributed by atoms with Gasteiger partial charge in [-0.05, 0) is 47.5 Å². The molecule has 29 heavy (non-hydrogen) atoms. The highest BCUT2D eigenvalue weighted by Gasteiger charge is 2.34. The minimum Gasteiger partial charge on any atom is -0.348 e. The number of imide groups is 1. The Balaban J connectivity index is 1.45. The van der Waals surface area contributed by atoms with E-state index in [9.17, 15) is 18.8 Å². The molecule has 1 heterocycles. The molecule has 0 bridgehead atoms. The van der Waals surface area contributed by atoms with E-state index in [1.807, 2.05) is 0 Å². The lowest BCUT2D eigenvalue weighted by Crippen LogP contribution is -2.29. The zero-order chi connectivity index (χ0) is 20.4. The van der Waals surface area contributed by atoms with E-state index in [0.717, 1.165) is 5.56 Å². The maximum absolute atomic E-state index is 13.0. The first-order valence-electron chi connectivity index (χ1n) is 9.10. The van der Waals surface area contributed by atoms with Crippen LogP contribution in [0.15, 0.2) is 72.8 Å². The molecule has 3 amide bonds. The fraction of sp³-hybridized carbons (Fsp3) is 0.0870. The van der Waals surface area contributed by atoms with E-state index >= 15 is 0 Å². The van der Waals surface area contributed by atoms with Crippen molar-refractivity contribution < 1.29 is 18.8 Å². The van der Waals surface area contributed by atoms with Crippen molar-refractivity contribution in [3.63, 3.8) is 0 Å². The van der Waals surface area contributed by atoms with Gasteiger partial charge in [0.1, 0.15) is 5.82 Å². The molecule has 0 aromatic heterocycles. The summed E-state index contributed by atoms with van der Waals surface area (Å²) in [4.78, 5) is 38.7. The number of nitrogens with one attached hydrogen (secondary N) is 1. The number of carbonyl (C=O) groups is 3. The molecule has 1 aliphatic rings. The van der Waals surface area contributed by atoms with Gasteiger partial charge >= 0.3 is 0 Å². The van der Waals surface area contributed by atoms with E-state index in [2.05, 4.69) is 5.32 Å². The van der Waals surface area contributed by atoms with Gasteiger partial charge in [0.05, 0.1) is 17.7 Å². The Morgan fingerprint density at radius 2 is 1.48 bits per heavy atom. The largest absolute Gasteiger partial charge is 0.348 e. The number of nitrogens with zero attached hydrogens (tertiary/aromatic N) is 1. The lowest BCUT2D eigenvalue weighted by atomic mass is 10.1. The predicted octanol–water partition coefficient (Wildman–Crippen LogP) is 3.55. The number of rotatable bonds is 5. The maximum atomic E-state index is 13.0. The van der Waals surface area contributed by atoms with E-state index in [4.69, 9.17) is 0 Å². The second-order valence-corrected chi connectivity index (χ2v) is 6.75. The summed E-state index contributed by atoms with van der Waals surface area (Å²) in [5.41, 5.74) is 2.66. The van der Waals surface area contributed by atoms with Crippen molar-refractivity contribution in [2.24, 2.45) is 0 Å². The molecule has 0 saturated carbocycles. The van der Waals surface area contributed by atoms with Crippen molar-refractivity contribution in [2.75, 3.05) is 0 Å². The maximum Gasteiger partial charge on any atom is 0.261 e. The fourth-order valence-corrected chi connectivity index (χ4v) is 3.26. The Hall–Kier alpha value is -3.80. The smallest absolute Gasteiger partial charge is 0.261 e. The van der Waals surface area contributed by atoms with Crippen molar-refractivity contribution in [1.82, 2.24) is 10.2 Å². The van der Waals surface area contributed by atoms with E-state index in [0.29, 0.717) is 22.3 Å². The number of hydrogen-bond acceptors (Lipinski definition) is 3. The minimum atomic E-state index is -0.336. The van der Waals surface area contributed by atoms with Gasteiger partial charge in [0.15, 0.2) is 0 Å². The lowest BCUT2D eigenvalue weighted by Gasteiger charge is -2.14. The van der Waals surface area contributed by atoms with Crippen LogP contribution in [0.25, 0.3) is 0 Å². The molecule has 0 radical (unpaired) electrons. The van der Waals surface area contributed by atoms with Crippen molar-refractivity contribution in [1.29, 1.82) is 0 Å². The fourth-order valence-electron chi connectivity index (χ4n) is 3.26. The Labute approximate surface area is 166 Å². The molecule has 6 heteroatoms. The summed E-state index contributed by atoms with van der Waals surface area (Å²) in [5, 5.41) is 2.78. The number of halogens is 1. The molecule has 0 fully saturated rings. The SMILES string of the molecule is O=C(NCc1ccc(F)cc1)c1cccc(CN2C(=O)c3ccccc3C2=O)c1. The summed E-state index contributed by atoms with van der Waals surface area (Å²) in [7, 11) is 0. The number of hydrogen-bond donors (Lipinski definition) is 1. The van der Waals surface area contributed by atoms with Crippen molar-refractivity contribution in [3.05, 3.63) is 106 Å². The van der Waals surface area contributed by atoms with Crippen LogP contribution in [-0.4, -0.2) is 22.6 Å². The van der Waals surface area contributed by atoms with Gasteiger partial charge in [0, 0.05) is 12.1 Å². The average Bonchev–Trinajstić information content (AvgIpc) is 2.98. The van der Waals surface area contributed by atoms with Crippen LogP contribution in [0.1, 0.15) is 42.2 Å². The number of fused-ring (bicyclic) bond motifs is 1. The van der Waals surface area contributed by atoms with Crippen LogP contribution in [0.4, 0.5) is 4.39 Å². The normalized spacial score (nSPS) is 12.8. The van der Waals surface area contributed by atoms with Crippen LogP contribution >= 0.6 is 0 Å². The molecule has 0 atom stereocenters. The Kier molecular flexibility index (Phi) is 4.91. The summed E-state index contributed by atoms with van der Waals surface area (Å²) >= 11 is 0. The van der Waals surface area contributed by atoms with Crippen molar-refractivity contribution in [2.45, 2.75) is 13.1 Å². The molecule has 0 aliphatic carbocycles. The predicted molar refractivity (Wildman–Crippen MR) is 105 cm³/mol. The Bertz CT molecular complexity index is 1070. The molecule has 1 N–H and O–H groups in total. The van der Waals surface area contributed by atoms with Crippen LogP contribution in [0, 0.1) is 5.82 Å². The first kappa shape index (κ1) is 18.6. The molecule has 4 rings (SSSR count). The van der Waals surface area contributed by atoms with Crippen LogP contribution in [0.5, 0.6) is 0 Å². The molecule has 0 saturated heterocycles. The third-order valence-corrected chi connectivity index (χ3v) is 4.77. The van der Waals surface area contributed by atoms with Gasteiger partial charge in [-0.25, -0.2) is 4.39 Å². The molecule has 5 nitrogen and oxygen atoms in total.